The molecule has 0 saturated heterocycles. The molecule has 1 aromatic rings. The van der Waals surface area contributed by atoms with Crippen molar-refractivity contribution in [2.45, 2.75) is 31.7 Å². The highest BCUT2D eigenvalue weighted by molar-refractivity contribution is 5.48. The molecule has 1 saturated carbocycles. The summed E-state index contributed by atoms with van der Waals surface area (Å²) in [6, 6.07) is 6.03. The van der Waals surface area contributed by atoms with E-state index in [1.54, 1.807) is 14.2 Å². The van der Waals surface area contributed by atoms with Gasteiger partial charge in [0.1, 0.15) is 0 Å². The van der Waals surface area contributed by atoms with E-state index in [-0.39, 0.29) is 6.04 Å². The van der Waals surface area contributed by atoms with Crippen LogP contribution in [0.2, 0.25) is 0 Å². The summed E-state index contributed by atoms with van der Waals surface area (Å²) < 4.78 is 10.8. The Balaban J connectivity index is 2.16. The van der Waals surface area contributed by atoms with Gasteiger partial charge in [-0.2, -0.15) is 0 Å². The van der Waals surface area contributed by atoms with E-state index in [1.807, 2.05) is 18.2 Å². The van der Waals surface area contributed by atoms with Crippen molar-refractivity contribution in [1.29, 1.82) is 0 Å². The van der Waals surface area contributed by atoms with Gasteiger partial charge in [0.2, 0.25) is 0 Å². The largest absolute Gasteiger partial charge is 0.493 e. The van der Waals surface area contributed by atoms with Crippen LogP contribution in [-0.2, 0) is 0 Å². The highest BCUT2D eigenvalue weighted by Gasteiger charge is 2.24. The number of hydrazine groups is 1. The normalized spacial score (nSPS) is 16.4. The predicted molar refractivity (Wildman–Crippen MR) is 71.6 cm³/mol. The van der Waals surface area contributed by atoms with E-state index in [4.69, 9.17) is 15.3 Å². The number of benzene rings is 1. The van der Waals surface area contributed by atoms with Crippen LogP contribution in [-0.4, -0.2) is 14.2 Å². The molecule has 1 unspecified atom stereocenters. The average molecular weight is 250 g/mol. The Hall–Kier alpha value is -1.26. The van der Waals surface area contributed by atoms with Crippen molar-refractivity contribution in [1.82, 2.24) is 5.43 Å². The van der Waals surface area contributed by atoms with E-state index in [0.717, 1.165) is 29.4 Å². The fourth-order valence-electron chi connectivity index (χ4n) is 2.32. The molecule has 0 amide bonds. The van der Waals surface area contributed by atoms with E-state index in [2.05, 4.69) is 5.43 Å². The van der Waals surface area contributed by atoms with E-state index in [9.17, 15) is 0 Å². The van der Waals surface area contributed by atoms with Gasteiger partial charge in [-0.3, -0.25) is 11.3 Å². The summed E-state index contributed by atoms with van der Waals surface area (Å²) in [5.74, 6) is 8.11. The molecule has 100 valence electrons. The maximum absolute atomic E-state index is 5.68. The molecule has 0 spiro atoms. The number of para-hydroxylation sites is 1. The Bertz CT molecular complexity index is 391. The molecule has 0 radical (unpaired) electrons. The minimum Gasteiger partial charge on any atom is -0.493 e. The van der Waals surface area contributed by atoms with E-state index < -0.39 is 0 Å². The molecule has 1 aromatic carbocycles. The lowest BCUT2D eigenvalue weighted by Gasteiger charge is -2.20. The molecule has 2 rings (SSSR count). The summed E-state index contributed by atoms with van der Waals surface area (Å²) in [6.45, 7) is 0. The van der Waals surface area contributed by atoms with Crippen LogP contribution in [0.5, 0.6) is 11.5 Å². The lowest BCUT2D eigenvalue weighted by Crippen LogP contribution is -2.28. The fraction of sp³-hybridized carbons (Fsp3) is 0.571. The van der Waals surface area contributed by atoms with Crippen molar-refractivity contribution in [3.63, 3.8) is 0 Å². The van der Waals surface area contributed by atoms with Gasteiger partial charge in [-0.1, -0.05) is 25.0 Å². The maximum atomic E-state index is 5.68. The third-order valence-electron chi connectivity index (χ3n) is 3.57. The van der Waals surface area contributed by atoms with Crippen LogP contribution in [0.4, 0.5) is 0 Å². The first-order valence-electron chi connectivity index (χ1n) is 6.47. The van der Waals surface area contributed by atoms with Gasteiger partial charge in [-0.15, -0.1) is 0 Å². The van der Waals surface area contributed by atoms with Crippen LogP contribution in [0.3, 0.4) is 0 Å². The first kappa shape index (κ1) is 13.2. The average Bonchev–Trinajstić information content (AvgIpc) is 3.23. The summed E-state index contributed by atoms with van der Waals surface area (Å²) >= 11 is 0. The Kier molecular flexibility index (Phi) is 4.44. The van der Waals surface area contributed by atoms with Crippen LogP contribution in [0.1, 0.15) is 37.3 Å². The summed E-state index contributed by atoms with van der Waals surface area (Å²) in [5, 5.41) is 0. The fourth-order valence-corrected chi connectivity index (χ4v) is 2.32. The monoisotopic (exact) mass is 250 g/mol. The Morgan fingerprint density at radius 1 is 1.33 bits per heavy atom. The molecule has 4 heteroatoms. The van der Waals surface area contributed by atoms with Gasteiger partial charge in [-0.25, -0.2) is 0 Å². The SMILES string of the molecule is COc1cccc(C(CCC2CC2)NN)c1OC. The molecule has 1 aliphatic carbocycles. The van der Waals surface area contributed by atoms with Crippen molar-refractivity contribution < 1.29 is 9.47 Å². The summed E-state index contributed by atoms with van der Waals surface area (Å²) in [5.41, 5.74) is 3.96. The summed E-state index contributed by atoms with van der Waals surface area (Å²) in [6.07, 6.45) is 4.99. The lowest BCUT2D eigenvalue weighted by atomic mass is 9.99. The second-order valence-corrected chi connectivity index (χ2v) is 4.82. The summed E-state index contributed by atoms with van der Waals surface area (Å²) in [7, 11) is 3.31. The van der Waals surface area contributed by atoms with Crippen molar-refractivity contribution >= 4 is 0 Å². The predicted octanol–water partition coefficient (Wildman–Crippen LogP) is 2.40. The van der Waals surface area contributed by atoms with Crippen LogP contribution in [0.15, 0.2) is 18.2 Å². The maximum Gasteiger partial charge on any atom is 0.165 e. The molecule has 0 bridgehead atoms. The van der Waals surface area contributed by atoms with Crippen LogP contribution in [0.25, 0.3) is 0 Å². The van der Waals surface area contributed by atoms with Gasteiger partial charge >= 0.3 is 0 Å². The van der Waals surface area contributed by atoms with Crippen molar-refractivity contribution in [3.8, 4) is 11.5 Å². The molecule has 1 atom stereocenters. The van der Waals surface area contributed by atoms with E-state index >= 15 is 0 Å². The number of nitrogens with one attached hydrogen (secondary N) is 1. The number of hydrogen-bond acceptors (Lipinski definition) is 4. The molecule has 0 aliphatic heterocycles. The van der Waals surface area contributed by atoms with Crippen LogP contribution in [0, 0.1) is 5.92 Å². The molecule has 0 heterocycles. The van der Waals surface area contributed by atoms with Gasteiger partial charge in [0, 0.05) is 11.6 Å². The Morgan fingerprint density at radius 3 is 2.67 bits per heavy atom. The molecular formula is C14H22N2O2. The zero-order valence-electron chi connectivity index (χ0n) is 11.1. The van der Waals surface area contributed by atoms with Gasteiger partial charge in [0.25, 0.3) is 0 Å². The number of methoxy groups -OCH3 is 2. The standard InChI is InChI=1S/C14H22N2O2/c1-17-13-5-3-4-11(14(13)18-2)12(16-15)9-8-10-6-7-10/h3-5,10,12,16H,6-9,15H2,1-2H3. The third-order valence-corrected chi connectivity index (χ3v) is 3.57. The minimum atomic E-state index is 0.121. The molecule has 3 N–H and O–H groups in total. The molecule has 4 nitrogen and oxygen atoms in total. The molecule has 1 fully saturated rings. The second-order valence-electron chi connectivity index (χ2n) is 4.82. The Morgan fingerprint density at radius 2 is 2.11 bits per heavy atom. The van der Waals surface area contributed by atoms with Crippen molar-refractivity contribution in [2.75, 3.05) is 14.2 Å². The Labute approximate surface area is 108 Å². The van der Waals surface area contributed by atoms with Crippen LogP contribution >= 0.6 is 0 Å². The quantitative estimate of drug-likeness (QED) is 0.576. The molecule has 18 heavy (non-hydrogen) atoms. The number of nitrogens with two attached hydrogens (primary N) is 1. The number of hydrogen-bond donors (Lipinski definition) is 2. The van der Waals surface area contributed by atoms with Gasteiger partial charge in [0.05, 0.1) is 14.2 Å². The zero-order chi connectivity index (χ0) is 13.0. The first-order chi connectivity index (χ1) is 8.80. The lowest BCUT2D eigenvalue weighted by molar-refractivity contribution is 0.344. The number of rotatable bonds is 7. The van der Waals surface area contributed by atoms with Gasteiger partial charge < -0.3 is 9.47 Å². The van der Waals surface area contributed by atoms with Crippen LogP contribution < -0.4 is 20.7 Å². The second kappa shape index (κ2) is 6.07. The molecule has 0 aromatic heterocycles. The summed E-state index contributed by atoms with van der Waals surface area (Å²) in [4.78, 5) is 0. The first-order valence-corrected chi connectivity index (χ1v) is 6.47. The third kappa shape index (κ3) is 2.94. The highest BCUT2D eigenvalue weighted by atomic mass is 16.5. The smallest absolute Gasteiger partial charge is 0.165 e. The van der Waals surface area contributed by atoms with Gasteiger partial charge in [-0.05, 0) is 24.8 Å². The van der Waals surface area contributed by atoms with E-state index in [1.165, 1.54) is 19.3 Å². The number of ether oxygens (including phenoxy) is 2. The van der Waals surface area contributed by atoms with Gasteiger partial charge in [0.15, 0.2) is 11.5 Å². The van der Waals surface area contributed by atoms with E-state index in [0.29, 0.717) is 0 Å². The van der Waals surface area contributed by atoms with Crippen molar-refractivity contribution in [3.05, 3.63) is 23.8 Å². The zero-order valence-corrected chi connectivity index (χ0v) is 11.1. The van der Waals surface area contributed by atoms with Crippen molar-refractivity contribution in [2.24, 2.45) is 11.8 Å². The molecular weight excluding hydrogens is 228 g/mol. The molecule has 1 aliphatic rings. The minimum absolute atomic E-state index is 0.121. The highest BCUT2D eigenvalue weighted by Crippen LogP contribution is 2.39. The topological polar surface area (TPSA) is 56.5 Å².